The Balaban J connectivity index is 1.51. The Morgan fingerprint density at radius 2 is 2.03 bits per heavy atom. The van der Waals surface area contributed by atoms with Gasteiger partial charge in [-0.1, -0.05) is 17.3 Å². The number of carbonyl (C=O) groups is 1. The summed E-state index contributed by atoms with van der Waals surface area (Å²) in [7, 11) is 1.65. The summed E-state index contributed by atoms with van der Waals surface area (Å²) in [6, 6.07) is 9.77. The van der Waals surface area contributed by atoms with Gasteiger partial charge >= 0.3 is 0 Å². The van der Waals surface area contributed by atoms with Crippen molar-refractivity contribution >= 4 is 17.0 Å². The van der Waals surface area contributed by atoms with E-state index in [1.165, 1.54) is 6.20 Å². The number of benzene rings is 1. The van der Waals surface area contributed by atoms with Crippen LogP contribution in [0.15, 0.2) is 41.1 Å². The van der Waals surface area contributed by atoms with Crippen molar-refractivity contribution in [3.8, 4) is 5.75 Å². The molecule has 1 saturated heterocycles. The third-order valence-corrected chi connectivity index (χ3v) is 5.22. The zero-order valence-corrected chi connectivity index (χ0v) is 16.6. The number of aromatic nitrogens is 2. The number of hydrogen-bond acceptors (Lipinski definition) is 7. The van der Waals surface area contributed by atoms with E-state index < -0.39 is 0 Å². The molecule has 1 aromatic carbocycles. The molecule has 0 bridgehead atoms. The van der Waals surface area contributed by atoms with Crippen LogP contribution in [-0.4, -0.2) is 60.9 Å². The molecule has 4 rings (SSSR count). The van der Waals surface area contributed by atoms with Crippen molar-refractivity contribution in [2.75, 3.05) is 40.0 Å². The van der Waals surface area contributed by atoms with E-state index in [0.717, 1.165) is 29.8 Å². The highest BCUT2D eigenvalue weighted by Crippen LogP contribution is 2.24. The summed E-state index contributed by atoms with van der Waals surface area (Å²) in [5.41, 5.74) is 2.76. The summed E-state index contributed by atoms with van der Waals surface area (Å²) < 4.78 is 15.9. The molecule has 0 saturated carbocycles. The molecule has 1 aliphatic rings. The zero-order chi connectivity index (χ0) is 20.2. The number of methoxy groups -OCH3 is 1. The molecule has 1 amide bonds. The van der Waals surface area contributed by atoms with Gasteiger partial charge < -0.3 is 19.3 Å². The highest BCUT2D eigenvalue weighted by atomic mass is 16.5. The number of nitrogens with one attached hydrogen (secondary N) is 1. The molecule has 152 valence electrons. The summed E-state index contributed by atoms with van der Waals surface area (Å²) in [6.45, 7) is 5.32. The van der Waals surface area contributed by atoms with E-state index in [4.69, 9.17) is 14.0 Å². The monoisotopic (exact) mass is 396 g/mol. The molecule has 3 aromatic rings. The average molecular weight is 396 g/mol. The molecule has 0 radical (unpaired) electrons. The lowest BCUT2D eigenvalue weighted by Gasteiger charge is -2.35. The standard InChI is InChI=1S/C21H24N4O4/c1-14-18-11-16(12-23-21(18)29-24-14)20(26)22-13-19(25-7-9-28-10-8-25)15-3-5-17(27-2)6-4-15/h3-6,11-12,19H,7-10,13H2,1-2H3,(H,22,26)/t19-/m0/s1. The summed E-state index contributed by atoms with van der Waals surface area (Å²) in [5.74, 6) is 0.633. The van der Waals surface area contributed by atoms with E-state index >= 15 is 0 Å². The van der Waals surface area contributed by atoms with Crippen molar-refractivity contribution in [1.82, 2.24) is 20.4 Å². The molecule has 29 heavy (non-hydrogen) atoms. The molecule has 2 aromatic heterocycles. The van der Waals surface area contributed by atoms with Crippen LogP contribution < -0.4 is 10.1 Å². The maximum Gasteiger partial charge on any atom is 0.257 e. The Labute approximate surface area is 168 Å². The molecular formula is C21H24N4O4. The van der Waals surface area contributed by atoms with Gasteiger partial charge in [-0.05, 0) is 30.7 Å². The van der Waals surface area contributed by atoms with Gasteiger partial charge in [-0.25, -0.2) is 4.98 Å². The van der Waals surface area contributed by atoms with E-state index in [2.05, 4.69) is 20.4 Å². The van der Waals surface area contributed by atoms with E-state index in [9.17, 15) is 4.79 Å². The van der Waals surface area contributed by atoms with Crippen LogP contribution in [0.5, 0.6) is 5.75 Å². The van der Waals surface area contributed by atoms with E-state index in [0.29, 0.717) is 36.7 Å². The number of fused-ring (bicyclic) bond motifs is 1. The van der Waals surface area contributed by atoms with Crippen LogP contribution in [-0.2, 0) is 4.74 Å². The maximum absolute atomic E-state index is 12.8. The number of morpholine rings is 1. The SMILES string of the molecule is COc1ccc([C@H](CNC(=O)c2cnc3onc(C)c3c2)N2CCOCC2)cc1. The average Bonchev–Trinajstić information content (AvgIpc) is 3.15. The lowest BCUT2D eigenvalue weighted by Crippen LogP contribution is -2.43. The quantitative estimate of drug-likeness (QED) is 0.684. The highest BCUT2D eigenvalue weighted by molar-refractivity contribution is 5.96. The molecule has 1 fully saturated rings. The largest absolute Gasteiger partial charge is 0.497 e. The Kier molecular flexibility index (Phi) is 5.73. The number of pyridine rings is 1. The van der Waals surface area contributed by atoms with Crippen molar-refractivity contribution in [2.24, 2.45) is 0 Å². The van der Waals surface area contributed by atoms with Crippen molar-refractivity contribution in [3.05, 3.63) is 53.3 Å². The summed E-state index contributed by atoms with van der Waals surface area (Å²) in [4.78, 5) is 19.3. The van der Waals surface area contributed by atoms with Gasteiger partial charge in [0.25, 0.3) is 11.6 Å². The lowest BCUT2D eigenvalue weighted by atomic mass is 10.0. The molecule has 1 aliphatic heterocycles. The van der Waals surface area contributed by atoms with E-state index in [1.54, 1.807) is 13.2 Å². The van der Waals surface area contributed by atoms with Gasteiger partial charge in [-0.15, -0.1) is 0 Å². The predicted octanol–water partition coefficient (Wildman–Crippen LogP) is 2.34. The van der Waals surface area contributed by atoms with Crippen LogP contribution in [0.4, 0.5) is 0 Å². The van der Waals surface area contributed by atoms with Gasteiger partial charge in [-0.2, -0.15) is 0 Å². The Morgan fingerprint density at radius 1 is 1.28 bits per heavy atom. The zero-order valence-electron chi connectivity index (χ0n) is 16.6. The molecule has 8 heteroatoms. The second-order valence-corrected chi connectivity index (χ2v) is 6.99. The first kappa shape index (κ1) is 19.4. The van der Waals surface area contributed by atoms with E-state index in [-0.39, 0.29) is 11.9 Å². The van der Waals surface area contributed by atoms with Crippen LogP contribution in [0.1, 0.15) is 27.7 Å². The van der Waals surface area contributed by atoms with Crippen molar-refractivity contribution in [3.63, 3.8) is 0 Å². The van der Waals surface area contributed by atoms with E-state index in [1.807, 2.05) is 31.2 Å². The van der Waals surface area contributed by atoms with Gasteiger partial charge in [0.2, 0.25) is 0 Å². The van der Waals surface area contributed by atoms with Gasteiger partial charge in [0.1, 0.15) is 5.75 Å². The second kappa shape index (κ2) is 8.59. The Morgan fingerprint density at radius 3 is 2.76 bits per heavy atom. The minimum absolute atomic E-state index is 0.0442. The smallest absolute Gasteiger partial charge is 0.257 e. The number of ether oxygens (including phenoxy) is 2. The third-order valence-electron chi connectivity index (χ3n) is 5.22. The molecule has 8 nitrogen and oxygen atoms in total. The number of carbonyl (C=O) groups excluding carboxylic acids is 1. The number of aryl methyl sites for hydroxylation is 1. The van der Waals surface area contributed by atoms with Crippen molar-refractivity contribution < 1.29 is 18.8 Å². The van der Waals surface area contributed by atoms with Crippen molar-refractivity contribution in [2.45, 2.75) is 13.0 Å². The fourth-order valence-electron chi connectivity index (χ4n) is 3.53. The predicted molar refractivity (Wildman–Crippen MR) is 107 cm³/mol. The molecule has 0 aliphatic carbocycles. The van der Waals surface area contributed by atoms with Gasteiger partial charge in [0, 0.05) is 25.8 Å². The minimum atomic E-state index is -0.174. The molecule has 3 heterocycles. The topological polar surface area (TPSA) is 89.7 Å². The first-order valence-electron chi connectivity index (χ1n) is 9.61. The first-order valence-corrected chi connectivity index (χ1v) is 9.61. The van der Waals surface area contributed by atoms with Crippen LogP contribution in [0, 0.1) is 6.92 Å². The van der Waals surface area contributed by atoms with Gasteiger partial charge in [0.15, 0.2) is 0 Å². The first-order chi connectivity index (χ1) is 14.2. The van der Waals surface area contributed by atoms with Crippen molar-refractivity contribution in [1.29, 1.82) is 0 Å². The lowest BCUT2D eigenvalue weighted by molar-refractivity contribution is 0.0162. The normalized spacial score (nSPS) is 15.9. The van der Waals surface area contributed by atoms with Crippen LogP contribution in [0.2, 0.25) is 0 Å². The Bertz CT molecular complexity index is 980. The van der Waals surface area contributed by atoms with Gasteiger partial charge in [-0.3, -0.25) is 9.69 Å². The highest BCUT2D eigenvalue weighted by Gasteiger charge is 2.24. The number of amides is 1. The second-order valence-electron chi connectivity index (χ2n) is 6.99. The summed E-state index contributed by atoms with van der Waals surface area (Å²) in [5, 5.41) is 7.69. The number of hydrogen-bond donors (Lipinski definition) is 1. The number of rotatable bonds is 6. The maximum atomic E-state index is 12.8. The molecule has 1 atom stereocenters. The summed E-state index contributed by atoms with van der Waals surface area (Å²) >= 11 is 0. The fraction of sp³-hybridized carbons (Fsp3) is 0.381. The molecule has 0 unspecified atom stereocenters. The molecule has 0 spiro atoms. The summed E-state index contributed by atoms with van der Waals surface area (Å²) in [6.07, 6.45) is 1.51. The Hall–Kier alpha value is -2.97. The fourth-order valence-corrected chi connectivity index (χ4v) is 3.53. The number of nitrogens with zero attached hydrogens (tertiary/aromatic N) is 3. The van der Waals surface area contributed by atoms with Crippen LogP contribution in [0.3, 0.4) is 0 Å². The molecular weight excluding hydrogens is 372 g/mol. The van der Waals surface area contributed by atoms with Crippen LogP contribution >= 0.6 is 0 Å². The third kappa shape index (κ3) is 4.23. The minimum Gasteiger partial charge on any atom is -0.497 e. The molecule has 1 N–H and O–H groups in total. The van der Waals surface area contributed by atoms with Gasteiger partial charge in [0.05, 0.1) is 43.0 Å². The van der Waals surface area contributed by atoms with Crippen LogP contribution in [0.25, 0.3) is 11.1 Å².